The number of carbonyl (C=O) groups excluding carboxylic acids is 2. The molecule has 0 atom stereocenters. The van der Waals surface area contributed by atoms with Gasteiger partial charge in [-0.05, 0) is 29.8 Å². The van der Waals surface area contributed by atoms with Crippen molar-refractivity contribution in [2.45, 2.75) is 6.54 Å². The van der Waals surface area contributed by atoms with Crippen LogP contribution in [0.3, 0.4) is 0 Å². The van der Waals surface area contributed by atoms with Crippen LogP contribution in [0.2, 0.25) is 0 Å². The maximum Gasteiger partial charge on any atom is 0.262 e. The number of rotatable bonds is 4. The molecule has 8 nitrogen and oxygen atoms in total. The molecule has 2 amide bonds. The first-order valence-corrected chi connectivity index (χ1v) is 10.5. The summed E-state index contributed by atoms with van der Waals surface area (Å²) in [5, 5.41) is 2.18. The van der Waals surface area contributed by atoms with Crippen LogP contribution in [0.4, 0.5) is 11.5 Å². The standard InChI is InChI=1S/C24H23N5O3/c25-22-21-19(23(31)26-24(21)32)14-20(30)29(22)18-8-6-17(7-9-18)28-12-10-27(11-13-28)15-16-4-2-1-3-5-16/h1-9,14H,10-13,15,25H2,(H,26,31,32). The van der Waals surface area contributed by atoms with E-state index in [0.717, 1.165) is 44.5 Å². The van der Waals surface area contributed by atoms with E-state index in [1.54, 1.807) is 0 Å². The molecule has 0 saturated carbocycles. The number of hydrogen-bond acceptors (Lipinski definition) is 6. The summed E-state index contributed by atoms with van der Waals surface area (Å²) in [5.41, 5.74) is 8.67. The second kappa shape index (κ2) is 7.97. The van der Waals surface area contributed by atoms with Gasteiger partial charge in [-0.2, -0.15) is 0 Å². The normalized spacial score (nSPS) is 16.2. The Morgan fingerprint density at radius 1 is 0.812 bits per heavy atom. The van der Waals surface area contributed by atoms with Crippen LogP contribution in [0.25, 0.3) is 5.69 Å². The van der Waals surface area contributed by atoms with Gasteiger partial charge < -0.3 is 10.6 Å². The molecule has 0 radical (unpaired) electrons. The number of anilines is 2. The first kappa shape index (κ1) is 20.0. The minimum Gasteiger partial charge on any atom is -0.384 e. The van der Waals surface area contributed by atoms with Crippen molar-refractivity contribution in [2.24, 2.45) is 0 Å². The lowest BCUT2D eigenvalue weighted by Crippen LogP contribution is -2.45. The number of nitrogen functional groups attached to an aromatic ring is 1. The van der Waals surface area contributed by atoms with Crippen molar-refractivity contribution in [1.29, 1.82) is 0 Å². The zero-order chi connectivity index (χ0) is 22.2. The Hall–Kier alpha value is -3.91. The highest BCUT2D eigenvalue weighted by Gasteiger charge is 2.31. The molecule has 32 heavy (non-hydrogen) atoms. The molecule has 0 aliphatic carbocycles. The molecule has 0 unspecified atom stereocenters. The molecular weight excluding hydrogens is 406 g/mol. The second-order valence-electron chi connectivity index (χ2n) is 8.04. The highest BCUT2D eigenvalue weighted by molar-refractivity contribution is 6.23. The second-order valence-corrected chi connectivity index (χ2v) is 8.04. The highest BCUT2D eigenvalue weighted by atomic mass is 16.2. The number of imide groups is 1. The molecule has 1 fully saturated rings. The van der Waals surface area contributed by atoms with Gasteiger partial charge in [0.2, 0.25) is 0 Å². The van der Waals surface area contributed by atoms with Gasteiger partial charge in [-0.3, -0.25) is 29.2 Å². The fourth-order valence-electron chi connectivity index (χ4n) is 4.36. The Balaban J connectivity index is 1.32. The van der Waals surface area contributed by atoms with Crippen molar-refractivity contribution in [2.75, 3.05) is 36.8 Å². The molecule has 0 bridgehead atoms. The van der Waals surface area contributed by atoms with Gasteiger partial charge in [0, 0.05) is 44.5 Å². The fourth-order valence-corrected chi connectivity index (χ4v) is 4.36. The number of nitrogens with zero attached hydrogens (tertiary/aromatic N) is 3. The SMILES string of the molecule is Nc1c2c(cc(=O)n1-c1ccc(N3CCN(Cc4ccccc4)CC3)cc1)C(=O)NC2=O. The fraction of sp³-hybridized carbons (Fsp3) is 0.208. The maximum atomic E-state index is 12.6. The third kappa shape index (κ3) is 3.54. The van der Waals surface area contributed by atoms with Crippen LogP contribution in [0.1, 0.15) is 26.3 Å². The van der Waals surface area contributed by atoms with Crippen LogP contribution in [-0.2, 0) is 6.54 Å². The van der Waals surface area contributed by atoms with E-state index in [9.17, 15) is 14.4 Å². The van der Waals surface area contributed by atoms with Crippen LogP contribution >= 0.6 is 0 Å². The summed E-state index contributed by atoms with van der Waals surface area (Å²) >= 11 is 0. The number of amides is 2. The van der Waals surface area contributed by atoms with Gasteiger partial charge in [-0.15, -0.1) is 0 Å². The number of aromatic nitrogens is 1. The van der Waals surface area contributed by atoms with E-state index >= 15 is 0 Å². The number of carbonyl (C=O) groups is 2. The van der Waals surface area contributed by atoms with E-state index in [1.165, 1.54) is 10.1 Å². The van der Waals surface area contributed by atoms with Gasteiger partial charge in [0.05, 0.1) is 16.8 Å². The number of fused-ring (bicyclic) bond motifs is 1. The van der Waals surface area contributed by atoms with Crippen molar-refractivity contribution in [1.82, 2.24) is 14.8 Å². The van der Waals surface area contributed by atoms with E-state index in [4.69, 9.17) is 5.73 Å². The van der Waals surface area contributed by atoms with E-state index in [0.29, 0.717) is 5.69 Å². The molecule has 2 aliphatic heterocycles. The van der Waals surface area contributed by atoms with Gasteiger partial charge in [0.15, 0.2) is 0 Å². The van der Waals surface area contributed by atoms with Gasteiger partial charge in [0.25, 0.3) is 17.4 Å². The van der Waals surface area contributed by atoms with Gasteiger partial charge in [-0.25, -0.2) is 0 Å². The maximum absolute atomic E-state index is 12.6. The lowest BCUT2D eigenvalue weighted by molar-refractivity contribution is 0.0880. The summed E-state index contributed by atoms with van der Waals surface area (Å²) in [5.74, 6) is -1.21. The van der Waals surface area contributed by atoms with Crippen LogP contribution in [0, 0.1) is 0 Å². The Kier molecular flexibility index (Phi) is 4.99. The zero-order valence-corrected chi connectivity index (χ0v) is 17.5. The minimum absolute atomic E-state index is 0.0266. The molecule has 3 heterocycles. The summed E-state index contributed by atoms with van der Waals surface area (Å²) in [4.78, 5) is 41.2. The van der Waals surface area contributed by atoms with Crippen LogP contribution in [0.15, 0.2) is 65.5 Å². The minimum atomic E-state index is -0.595. The topological polar surface area (TPSA) is 101 Å². The molecule has 162 valence electrons. The summed E-state index contributed by atoms with van der Waals surface area (Å²) in [7, 11) is 0. The number of benzene rings is 2. The zero-order valence-electron chi connectivity index (χ0n) is 17.5. The monoisotopic (exact) mass is 429 g/mol. The Labute approximate surface area is 184 Å². The molecule has 1 saturated heterocycles. The van der Waals surface area contributed by atoms with E-state index in [-0.39, 0.29) is 16.9 Å². The largest absolute Gasteiger partial charge is 0.384 e. The Bertz CT molecular complexity index is 1240. The lowest BCUT2D eigenvalue weighted by Gasteiger charge is -2.36. The molecule has 3 N–H and O–H groups in total. The smallest absolute Gasteiger partial charge is 0.262 e. The predicted octanol–water partition coefficient (Wildman–Crippen LogP) is 1.63. The van der Waals surface area contributed by atoms with Crippen molar-refractivity contribution in [3.05, 3.63) is 87.7 Å². The van der Waals surface area contributed by atoms with Gasteiger partial charge >= 0.3 is 0 Å². The first-order chi connectivity index (χ1) is 15.5. The lowest BCUT2D eigenvalue weighted by atomic mass is 10.1. The molecule has 5 rings (SSSR count). The number of pyridine rings is 1. The van der Waals surface area contributed by atoms with Crippen molar-refractivity contribution in [3.8, 4) is 5.69 Å². The summed E-state index contributed by atoms with van der Waals surface area (Å²) in [6.07, 6.45) is 0. The summed E-state index contributed by atoms with van der Waals surface area (Å²) in [6, 6.07) is 19.1. The van der Waals surface area contributed by atoms with Gasteiger partial charge in [-0.1, -0.05) is 30.3 Å². The molecule has 0 spiro atoms. The Morgan fingerprint density at radius 2 is 1.47 bits per heavy atom. The van der Waals surface area contributed by atoms with Gasteiger partial charge in [0.1, 0.15) is 5.82 Å². The van der Waals surface area contributed by atoms with Crippen LogP contribution < -0.4 is 21.5 Å². The number of nitrogens with one attached hydrogen (secondary N) is 1. The third-order valence-corrected chi connectivity index (χ3v) is 6.05. The molecule has 2 aliphatic rings. The molecule has 1 aromatic heterocycles. The average Bonchev–Trinajstić information content (AvgIpc) is 3.08. The third-order valence-electron chi connectivity index (χ3n) is 6.05. The average molecular weight is 429 g/mol. The summed E-state index contributed by atoms with van der Waals surface area (Å²) < 4.78 is 1.26. The molecule has 8 heteroatoms. The quantitative estimate of drug-likeness (QED) is 0.612. The Morgan fingerprint density at radius 3 is 2.16 bits per heavy atom. The van der Waals surface area contributed by atoms with Crippen LogP contribution in [0.5, 0.6) is 0 Å². The first-order valence-electron chi connectivity index (χ1n) is 10.5. The molecule has 3 aromatic rings. The van der Waals surface area contributed by atoms with Crippen molar-refractivity contribution < 1.29 is 9.59 Å². The number of piperazine rings is 1. The summed E-state index contributed by atoms with van der Waals surface area (Å²) in [6.45, 7) is 4.71. The van der Waals surface area contributed by atoms with Crippen LogP contribution in [-0.4, -0.2) is 47.5 Å². The van der Waals surface area contributed by atoms with E-state index < -0.39 is 17.4 Å². The number of nitrogens with two attached hydrogens (primary N) is 1. The van der Waals surface area contributed by atoms with Crippen molar-refractivity contribution >= 4 is 23.3 Å². The van der Waals surface area contributed by atoms with E-state index in [1.807, 2.05) is 30.3 Å². The highest BCUT2D eigenvalue weighted by Crippen LogP contribution is 2.25. The van der Waals surface area contributed by atoms with Crippen molar-refractivity contribution in [3.63, 3.8) is 0 Å². The predicted molar refractivity (Wildman–Crippen MR) is 122 cm³/mol. The molecule has 2 aromatic carbocycles. The number of hydrogen-bond donors (Lipinski definition) is 2. The van der Waals surface area contributed by atoms with E-state index in [2.05, 4.69) is 39.4 Å². The molecular formula is C24H23N5O3.